The fourth-order valence-electron chi connectivity index (χ4n) is 2.91. The fraction of sp³-hybridized carbons (Fsp3) is 0.263. The number of carbonyl (C=O) groups is 2. The van der Waals surface area contributed by atoms with Crippen LogP contribution in [0.4, 0.5) is 4.79 Å². The minimum atomic E-state index is -1.03. The van der Waals surface area contributed by atoms with Crippen molar-refractivity contribution in [1.29, 1.82) is 0 Å². The lowest BCUT2D eigenvalue weighted by Gasteiger charge is -2.29. The number of rotatable bonds is 4. The zero-order valence-corrected chi connectivity index (χ0v) is 13.9. The molecule has 0 bridgehead atoms. The molecule has 0 atom stereocenters. The number of nitrogens with zero attached hydrogens (tertiary/aromatic N) is 1. The number of amides is 1. The summed E-state index contributed by atoms with van der Waals surface area (Å²) in [5.41, 5.74) is 2.60. The Kier molecular flexibility index (Phi) is 4.88. The van der Waals surface area contributed by atoms with Crippen LogP contribution in [0.25, 0.3) is 0 Å². The molecule has 0 aromatic heterocycles. The summed E-state index contributed by atoms with van der Waals surface area (Å²) in [7, 11) is 1.50. The number of benzene rings is 2. The van der Waals surface area contributed by atoms with Crippen molar-refractivity contribution in [1.82, 2.24) is 4.90 Å². The molecule has 1 aliphatic heterocycles. The smallest absolute Gasteiger partial charge is 0.410 e. The van der Waals surface area contributed by atoms with Gasteiger partial charge in [0.25, 0.3) is 0 Å². The molecule has 1 heterocycles. The predicted octanol–water partition coefficient (Wildman–Crippen LogP) is 3.09. The third-order valence-corrected chi connectivity index (χ3v) is 4.25. The van der Waals surface area contributed by atoms with Crippen molar-refractivity contribution in [3.8, 4) is 5.75 Å². The maximum Gasteiger partial charge on any atom is 0.410 e. The van der Waals surface area contributed by atoms with Gasteiger partial charge in [-0.15, -0.1) is 0 Å². The Hall–Kier alpha value is -3.02. The first-order valence-electron chi connectivity index (χ1n) is 7.97. The van der Waals surface area contributed by atoms with Crippen molar-refractivity contribution in [2.24, 2.45) is 0 Å². The molecule has 0 fully saturated rings. The second-order valence-electron chi connectivity index (χ2n) is 5.83. The average Bonchev–Trinajstić information content (AvgIpc) is 2.65. The van der Waals surface area contributed by atoms with Gasteiger partial charge in [-0.25, -0.2) is 9.59 Å². The van der Waals surface area contributed by atoms with Crippen molar-refractivity contribution in [2.75, 3.05) is 13.7 Å². The van der Waals surface area contributed by atoms with Gasteiger partial charge in [-0.2, -0.15) is 0 Å². The summed E-state index contributed by atoms with van der Waals surface area (Å²) in [6.07, 6.45) is 0.120. The zero-order chi connectivity index (χ0) is 17.8. The van der Waals surface area contributed by atoms with E-state index in [4.69, 9.17) is 9.47 Å². The van der Waals surface area contributed by atoms with Gasteiger partial charge in [-0.05, 0) is 35.2 Å². The van der Waals surface area contributed by atoms with Crippen LogP contribution in [0, 0.1) is 0 Å². The molecule has 0 radical (unpaired) electrons. The SMILES string of the molecule is COc1cc2c(c(C(=O)O)c1)CN(C(=O)OCc1ccccc1)CC2. The lowest BCUT2D eigenvalue weighted by molar-refractivity contribution is 0.0687. The molecule has 130 valence electrons. The van der Waals surface area contributed by atoms with E-state index < -0.39 is 12.1 Å². The van der Waals surface area contributed by atoms with Gasteiger partial charge in [-0.3, -0.25) is 0 Å². The molecule has 0 spiro atoms. The van der Waals surface area contributed by atoms with E-state index in [1.165, 1.54) is 18.1 Å². The Balaban J connectivity index is 1.74. The summed E-state index contributed by atoms with van der Waals surface area (Å²) in [6, 6.07) is 12.7. The van der Waals surface area contributed by atoms with Gasteiger partial charge in [-0.1, -0.05) is 30.3 Å². The molecule has 2 aromatic rings. The Morgan fingerprint density at radius 2 is 1.96 bits per heavy atom. The number of fused-ring (bicyclic) bond motifs is 1. The predicted molar refractivity (Wildman–Crippen MR) is 90.7 cm³/mol. The summed E-state index contributed by atoms with van der Waals surface area (Å²) in [4.78, 5) is 25.4. The molecule has 0 unspecified atom stereocenters. The van der Waals surface area contributed by atoms with Crippen LogP contribution < -0.4 is 4.74 Å². The molecule has 0 aliphatic carbocycles. The van der Waals surface area contributed by atoms with E-state index in [0.717, 1.165) is 11.1 Å². The second-order valence-corrected chi connectivity index (χ2v) is 5.83. The lowest BCUT2D eigenvalue weighted by atomic mass is 9.94. The van der Waals surface area contributed by atoms with Gasteiger partial charge < -0.3 is 19.5 Å². The van der Waals surface area contributed by atoms with Crippen LogP contribution >= 0.6 is 0 Å². The molecule has 1 amide bonds. The van der Waals surface area contributed by atoms with E-state index in [1.54, 1.807) is 0 Å². The van der Waals surface area contributed by atoms with Crippen molar-refractivity contribution in [3.63, 3.8) is 0 Å². The fourth-order valence-corrected chi connectivity index (χ4v) is 2.91. The molecule has 1 aliphatic rings. The quantitative estimate of drug-likeness (QED) is 0.925. The van der Waals surface area contributed by atoms with Gasteiger partial charge in [0.2, 0.25) is 0 Å². The van der Waals surface area contributed by atoms with E-state index in [2.05, 4.69) is 0 Å². The van der Waals surface area contributed by atoms with Crippen molar-refractivity contribution in [3.05, 3.63) is 64.7 Å². The van der Waals surface area contributed by atoms with Gasteiger partial charge in [0, 0.05) is 6.54 Å². The third kappa shape index (κ3) is 3.74. The van der Waals surface area contributed by atoms with E-state index in [9.17, 15) is 14.7 Å². The highest BCUT2D eigenvalue weighted by molar-refractivity contribution is 5.90. The number of methoxy groups -OCH3 is 1. The summed E-state index contributed by atoms with van der Waals surface area (Å²) in [5, 5.41) is 9.45. The van der Waals surface area contributed by atoms with Crippen LogP contribution in [-0.4, -0.2) is 35.7 Å². The molecule has 3 rings (SSSR count). The molecule has 0 saturated heterocycles. The van der Waals surface area contributed by atoms with Crippen LogP contribution in [0.2, 0.25) is 0 Å². The normalized spacial score (nSPS) is 13.1. The summed E-state index contributed by atoms with van der Waals surface area (Å²) in [5.74, 6) is -0.522. The van der Waals surface area contributed by atoms with Crippen LogP contribution in [0.15, 0.2) is 42.5 Å². The second kappa shape index (κ2) is 7.25. The Labute approximate surface area is 145 Å². The first kappa shape index (κ1) is 16.8. The molecule has 1 N–H and O–H groups in total. The van der Waals surface area contributed by atoms with Crippen LogP contribution in [0.3, 0.4) is 0 Å². The van der Waals surface area contributed by atoms with E-state index in [-0.39, 0.29) is 18.7 Å². The number of aromatic carboxylic acids is 1. The third-order valence-electron chi connectivity index (χ3n) is 4.25. The largest absolute Gasteiger partial charge is 0.497 e. The molecule has 6 heteroatoms. The Morgan fingerprint density at radius 1 is 1.20 bits per heavy atom. The standard InChI is InChI=1S/C19H19NO5/c1-24-15-9-14-7-8-20(11-17(14)16(10-15)18(21)22)19(23)25-12-13-5-3-2-4-6-13/h2-6,9-10H,7-8,11-12H2,1H3,(H,21,22). The molecule has 25 heavy (non-hydrogen) atoms. The first-order valence-corrected chi connectivity index (χ1v) is 7.97. The maximum atomic E-state index is 12.3. The van der Waals surface area contributed by atoms with Gasteiger partial charge in [0.1, 0.15) is 12.4 Å². The highest BCUT2D eigenvalue weighted by Gasteiger charge is 2.26. The number of hydrogen-bond acceptors (Lipinski definition) is 4. The van der Waals surface area contributed by atoms with Crippen LogP contribution in [-0.2, 0) is 24.3 Å². The van der Waals surface area contributed by atoms with Crippen LogP contribution in [0.1, 0.15) is 27.0 Å². The Bertz CT molecular complexity index is 788. The van der Waals surface area contributed by atoms with Gasteiger partial charge in [0.05, 0.1) is 19.2 Å². The van der Waals surface area contributed by atoms with E-state index in [1.807, 2.05) is 36.4 Å². The molecule has 6 nitrogen and oxygen atoms in total. The van der Waals surface area contributed by atoms with Gasteiger partial charge in [0.15, 0.2) is 0 Å². The number of carboxylic acids is 1. The average molecular weight is 341 g/mol. The lowest BCUT2D eigenvalue weighted by Crippen LogP contribution is -2.37. The van der Waals surface area contributed by atoms with E-state index >= 15 is 0 Å². The number of ether oxygens (including phenoxy) is 2. The molecular weight excluding hydrogens is 322 g/mol. The highest BCUT2D eigenvalue weighted by Crippen LogP contribution is 2.28. The monoisotopic (exact) mass is 341 g/mol. The van der Waals surface area contributed by atoms with Crippen LogP contribution in [0.5, 0.6) is 5.75 Å². The minimum absolute atomic E-state index is 0.162. The number of carboxylic acid groups (broad SMARTS) is 1. The summed E-state index contributed by atoms with van der Waals surface area (Å²) < 4.78 is 10.5. The molecule has 0 saturated carbocycles. The summed E-state index contributed by atoms with van der Waals surface area (Å²) in [6.45, 7) is 0.888. The minimum Gasteiger partial charge on any atom is -0.497 e. The number of hydrogen-bond donors (Lipinski definition) is 1. The van der Waals surface area contributed by atoms with E-state index in [0.29, 0.717) is 24.3 Å². The van der Waals surface area contributed by atoms with Crippen molar-refractivity contribution < 1.29 is 24.2 Å². The Morgan fingerprint density at radius 3 is 2.64 bits per heavy atom. The van der Waals surface area contributed by atoms with Gasteiger partial charge >= 0.3 is 12.1 Å². The highest BCUT2D eigenvalue weighted by atomic mass is 16.6. The maximum absolute atomic E-state index is 12.3. The molecular formula is C19H19NO5. The molecule has 2 aromatic carbocycles. The number of carbonyl (C=O) groups excluding carboxylic acids is 1. The zero-order valence-electron chi connectivity index (χ0n) is 13.9. The summed E-state index contributed by atoms with van der Waals surface area (Å²) >= 11 is 0. The van der Waals surface area contributed by atoms with Crippen molar-refractivity contribution in [2.45, 2.75) is 19.6 Å². The topological polar surface area (TPSA) is 76.1 Å². The van der Waals surface area contributed by atoms with Crippen molar-refractivity contribution >= 4 is 12.1 Å². The first-order chi connectivity index (χ1) is 12.1.